The molecule has 0 radical (unpaired) electrons. The molecule has 1 aliphatic rings. The lowest BCUT2D eigenvalue weighted by atomic mass is 9.98. The first-order chi connectivity index (χ1) is 13.1. The molecule has 1 aliphatic carbocycles. The molecule has 0 aliphatic heterocycles. The molecular weight excluding hydrogens is 342 g/mol. The second-order valence-corrected chi connectivity index (χ2v) is 6.26. The number of hydrogen-bond donors (Lipinski definition) is 2. The Morgan fingerprint density at radius 1 is 0.778 bits per heavy atom. The van der Waals surface area contributed by atoms with E-state index in [4.69, 9.17) is 0 Å². The molecule has 3 aromatic carbocycles. The lowest BCUT2D eigenvalue weighted by molar-refractivity contribution is -0.139. The van der Waals surface area contributed by atoms with Gasteiger partial charge in [-0.15, -0.1) is 0 Å². The SMILES string of the molecule is O=C(NC(C(=O)O)c1ccccc1)c1cccc2c1-c1ccccc1C2=O. The monoisotopic (exact) mass is 357 g/mol. The number of ketones is 1. The molecule has 0 fully saturated rings. The molecule has 3 aromatic rings. The number of aliphatic carboxylic acids is 1. The molecule has 5 nitrogen and oxygen atoms in total. The number of carbonyl (C=O) groups excluding carboxylic acids is 2. The molecular formula is C22H15NO4. The molecule has 0 saturated carbocycles. The Hall–Kier alpha value is -3.73. The summed E-state index contributed by atoms with van der Waals surface area (Å²) in [5.74, 6) is -1.82. The molecule has 1 atom stereocenters. The first-order valence-corrected chi connectivity index (χ1v) is 8.43. The van der Waals surface area contributed by atoms with Crippen molar-refractivity contribution in [1.82, 2.24) is 5.32 Å². The second-order valence-electron chi connectivity index (χ2n) is 6.26. The average molecular weight is 357 g/mol. The fourth-order valence-corrected chi connectivity index (χ4v) is 3.41. The van der Waals surface area contributed by atoms with Gasteiger partial charge in [-0.05, 0) is 17.2 Å². The fourth-order valence-electron chi connectivity index (χ4n) is 3.41. The molecule has 132 valence electrons. The number of fused-ring (bicyclic) bond motifs is 3. The van der Waals surface area contributed by atoms with Gasteiger partial charge in [-0.3, -0.25) is 9.59 Å². The maximum Gasteiger partial charge on any atom is 0.330 e. The number of nitrogens with one attached hydrogen (secondary N) is 1. The van der Waals surface area contributed by atoms with E-state index in [2.05, 4.69) is 5.32 Å². The molecule has 0 bridgehead atoms. The van der Waals surface area contributed by atoms with Crippen molar-refractivity contribution in [2.75, 3.05) is 0 Å². The van der Waals surface area contributed by atoms with Crippen LogP contribution < -0.4 is 5.32 Å². The van der Waals surface area contributed by atoms with Crippen LogP contribution in [0.2, 0.25) is 0 Å². The Bertz CT molecular complexity index is 1070. The Kier molecular flexibility index (Phi) is 4.05. The average Bonchev–Trinajstić information content (AvgIpc) is 2.99. The van der Waals surface area contributed by atoms with Crippen molar-refractivity contribution < 1.29 is 19.5 Å². The van der Waals surface area contributed by atoms with Crippen LogP contribution in [0.25, 0.3) is 11.1 Å². The summed E-state index contributed by atoms with van der Waals surface area (Å²) in [6.45, 7) is 0. The topological polar surface area (TPSA) is 83.5 Å². The van der Waals surface area contributed by atoms with Crippen LogP contribution in [0.5, 0.6) is 0 Å². The van der Waals surface area contributed by atoms with Crippen LogP contribution in [0.3, 0.4) is 0 Å². The molecule has 4 rings (SSSR count). The minimum atomic E-state index is -1.18. The van der Waals surface area contributed by atoms with Crippen LogP contribution in [0.4, 0.5) is 0 Å². The van der Waals surface area contributed by atoms with Crippen molar-refractivity contribution in [2.24, 2.45) is 0 Å². The third kappa shape index (κ3) is 2.79. The Balaban J connectivity index is 1.75. The molecule has 0 saturated heterocycles. The van der Waals surface area contributed by atoms with Gasteiger partial charge >= 0.3 is 5.97 Å². The second kappa shape index (κ2) is 6.53. The van der Waals surface area contributed by atoms with E-state index in [1.54, 1.807) is 72.8 Å². The molecule has 5 heteroatoms. The number of carboxylic acid groups (broad SMARTS) is 1. The highest BCUT2D eigenvalue weighted by molar-refractivity contribution is 6.24. The summed E-state index contributed by atoms with van der Waals surface area (Å²) < 4.78 is 0. The van der Waals surface area contributed by atoms with Crippen molar-refractivity contribution in [2.45, 2.75) is 6.04 Å². The molecule has 1 amide bonds. The quantitative estimate of drug-likeness (QED) is 0.586. The summed E-state index contributed by atoms with van der Waals surface area (Å²) in [7, 11) is 0. The minimum absolute atomic E-state index is 0.131. The van der Waals surface area contributed by atoms with Crippen LogP contribution in [0.15, 0.2) is 72.8 Å². The number of amides is 1. The van der Waals surface area contributed by atoms with Crippen molar-refractivity contribution in [3.8, 4) is 11.1 Å². The summed E-state index contributed by atoms with van der Waals surface area (Å²) in [6, 6.07) is 19.3. The highest BCUT2D eigenvalue weighted by Crippen LogP contribution is 2.38. The molecule has 0 spiro atoms. The largest absolute Gasteiger partial charge is 0.479 e. The van der Waals surface area contributed by atoms with Gasteiger partial charge in [-0.25, -0.2) is 4.79 Å². The van der Waals surface area contributed by atoms with Crippen molar-refractivity contribution in [3.05, 3.63) is 95.1 Å². The molecule has 27 heavy (non-hydrogen) atoms. The van der Waals surface area contributed by atoms with Crippen molar-refractivity contribution >= 4 is 17.7 Å². The van der Waals surface area contributed by atoms with Crippen LogP contribution in [-0.2, 0) is 4.79 Å². The van der Waals surface area contributed by atoms with Gasteiger partial charge in [0, 0.05) is 22.3 Å². The van der Waals surface area contributed by atoms with Crippen LogP contribution in [-0.4, -0.2) is 22.8 Å². The molecule has 2 N–H and O–H groups in total. The van der Waals surface area contributed by atoms with Crippen molar-refractivity contribution in [1.29, 1.82) is 0 Å². The maximum atomic E-state index is 12.9. The van der Waals surface area contributed by atoms with Gasteiger partial charge in [-0.1, -0.05) is 66.7 Å². The number of benzene rings is 3. The van der Waals surface area contributed by atoms with E-state index in [1.165, 1.54) is 0 Å². The van der Waals surface area contributed by atoms with E-state index in [0.29, 0.717) is 27.8 Å². The summed E-state index contributed by atoms with van der Waals surface area (Å²) >= 11 is 0. The van der Waals surface area contributed by atoms with Gasteiger partial charge in [0.05, 0.1) is 0 Å². The van der Waals surface area contributed by atoms with Gasteiger partial charge in [0.25, 0.3) is 5.91 Å². The summed E-state index contributed by atoms with van der Waals surface area (Å²) in [5.41, 5.74) is 3.00. The van der Waals surface area contributed by atoms with E-state index >= 15 is 0 Å². The van der Waals surface area contributed by atoms with Gasteiger partial charge < -0.3 is 10.4 Å². The normalized spacial score (nSPS) is 12.8. The van der Waals surface area contributed by atoms with Gasteiger partial charge in [0.1, 0.15) is 0 Å². The lowest BCUT2D eigenvalue weighted by Gasteiger charge is -2.16. The fraction of sp³-hybridized carbons (Fsp3) is 0.0455. The standard InChI is InChI=1S/C22H15NO4/c24-20-15-10-5-4-9-14(15)18-16(20)11-6-12-17(18)21(25)23-19(22(26)27)13-7-2-1-3-8-13/h1-12,19H,(H,23,25)(H,26,27). The molecule has 0 heterocycles. The van der Waals surface area contributed by atoms with E-state index in [-0.39, 0.29) is 11.3 Å². The summed E-state index contributed by atoms with van der Waals surface area (Å²) in [6.07, 6.45) is 0. The Morgan fingerprint density at radius 2 is 1.41 bits per heavy atom. The number of rotatable bonds is 4. The lowest BCUT2D eigenvalue weighted by Crippen LogP contribution is -2.34. The van der Waals surface area contributed by atoms with Gasteiger partial charge in [0.15, 0.2) is 11.8 Å². The van der Waals surface area contributed by atoms with E-state index in [1.807, 2.05) is 0 Å². The highest BCUT2D eigenvalue weighted by atomic mass is 16.4. The number of carboxylic acids is 1. The van der Waals surface area contributed by atoms with Gasteiger partial charge in [0.2, 0.25) is 0 Å². The Labute approximate surface area is 155 Å². The number of carbonyl (C=O) groups is 3. The smallest absolute Gasteiger partial charge is 0.330 e. The third-order valence-electron chi connectivity index (χ3n) is 4.65. The van der Waals surface area contributed by atoms with Crippen LogP contribution in [0, 0.1) is 0 Å². The molecule has 0 aromatic heterocycles. The Morgan fingerprint density at radius 3 is 2.11 bits per heavy atom. The minimum Gasteiger partial charge on any atom is -0.479 e. The van der Waals surface area contributed by atoms with E-state index in [9.17, 15) is 19.5 Å². The zero-order chi connectivity index (χ0) is 19.0. The number of hydrogen-bond acceptors (Lipinski definition) is 3. The van der Waals surface area contributed by atoms with Crippen molar-refractivity contribution in [3.63, 3.8) is 0 Å². The van der Waals surface area contributed by atoms with E-state index in [0.717, 1.165) is 0 Å². The highest BCUT2D eigenvalue weighted by Gasteiger charge is 2.31. The predicted molar refractivity (Wildman–Crippen MR) is 99.6 cm³/mol. The third-order valence-corrected chi connectivity index (χ3v) is 4.65. The predicted octanol–water partition coefficient (Wildman–Crippen LogP) is 3.45. The van der Waals surface area contributed by atoms with Crippen LogP contribution in [0.1, 0.15) is 37.9 Å². The van der Waals surface area contributed by atoms with E-state index < -0.39 is 17.9 Å². The first kappa shape index (κ1) is 16.7. The first-order valence-electron chi connectivity index (χ1n) is 8.43. The zero-order valence-corrected chi connectivity index (χ0v) is 14.2. The summed E-state index contributed by atoms with van der Waals surface area (Å²) in [4.78, 5) is 37.2. The van der Waals surface area contributed by atoms with Crippen LogP contribution >= 0.6 is 0 Å². The maximum absolute atomic E-state index is 12.9. The van der Waals surface area contributed by atoms with Gasteiger partial charge in [-0.2, -0.15) is 0 Å². The zero-order valence-electron chi connectivity index (χ0n) is 14.2. The summed E-state index contributed by atoms with van der Waals surface area (Å²) in [5, 5.41) is 12.1. The molecule has 1 unspecified atom stereocenters.